The molecule has 0 saturated carbocycles. The summed E-state index contributed by atoms with van der Waals surface area (Å²) in [6.45, 7) is 4.56. The fourth-order valence-corrected chi connectivity index (χ4v) is 7.46. The van der Waals surface area contributed by atoms with E-state index in [9.17, 15) is 0 Å². The summed E-state index contributed by atoms with van der Waals surface area (Å²) in [7, 11) is 0. The third kappa shape index (κ3) is 4.62. The highest BCUT2D eigenvalue weighted by Crippen LogP contribution is 2.40. The molecule has 0 unspecified atom stereocenters. The summed E-state index contributed by atoms with van der Waals surface area (Å²) >= 11 is 0. The van der Waals surface area contributed by atoms with Crippen molar-refractivity contribution >= 4 is 17.2 Å². The summed E-state index contributed by atoms with van der Waals surface area (Å²) in [5, 5.41) is 5.27. The molecule has 2 aliphatic rings. The molecule has 0 fully saturated rings. The van der Waals surface area contributed by atoms with Crippen molar-refractivity contribution in [3.63, 3.8) is 0 Å². The molecule has 0 aromatic heterocycles. The van der Waals surface area contributed by atoms with E-state index >= 15 is 0 Å². The Morgan fingerprint density at radius 3 is 1.67 bits per heavy atom. The molecule has 0 saturated heterocycles. The molecular weight excluding hydrogens is 540 g/mol. The van der Waals surface area contributed by atoms with Crippen LogP contribution in [0.15, 0.2) is 152 Å². The molecule has 0 heterocycles. The first-order chi connectivity index (χ1) is 22.2. The molecule has 0 atom stereocenters. The predicted octanol–water partition coefficient (Wildman–Crippen LogP) is 9.66. The fourth-order valence-electron chi connectivity index (χ4n) is 7.46. The Balaban J connectivity index is 1.71. The maximum Gasteiger partial charge on any atom is -0.000776 e. The van der Waals surface area contributed by atoms with Gasteiger partial charge in [0.15, 0.2) is 0 Å². The van der Waals surface area contributed by atoms with Crippen LogP contribution in [0.2, 0.25) is 0 Å². The molecule has 0 N–H and O–H groups in total. The van der Waals surface area contributed by atoms with Crippen LogP contribution >= 0.6 is 0 Å². The molecule has 0 spiro atoms. The summed E-state index contributed by atoms with van der Waals surface area (Å²) in [6, 6.07) is 48.6. The van der Waals surface area contributed by atoms with E-state index in [2.05, 4.69) is 172 Å². The Morgan fingerprint density at radius 1 is 0.556 bits per heavy atom. The van der Waals surface area contributed by atoms with Gasteiger partial charge in [-0.05, 0) is 114 Å². The number of hydrogen-bond donors (Lipinski definition) is 0. The van der Waals surface area contributed by atoms with Gasteiger partial charge in [0, 0.05) is 0 Å². The third-order valence-electron chi connectivity index (χ3n) is 9.26. The van der Waals surface area contributed by atoms with E-state index in [0.29, 0.717) is 0 Å². The zero-order valence-corrected chi connectivity index (χ0v) is 25.7. The first-order valence-electron chi connectivity index (χ1n) is 15.8. The van der Waals surface area contributed by atoms with Crippen LogP contribution in [0.1, 0.15) is 39.8 Å². The van der Waals surface area contributed by atoms with Crippen molar-refractivity contribution in [2.45, 2.75) is 20.3 Å². The van der Waals surface area contributed by atoms with E-state index in [1.807, 2.05) is 0 Å². The van der Waals surface area contributed by atoms with Crippen LogP contribution in [0.4, 0.5) is 0 Å². The zero-order valence-electron chi connectivity index (χ0n) is 25.7. The lowest BCUT2D eigenvalue weighted by atomic mass is 9.83. The first-order valence-corrected chi connectivity index (χ1v) is 15.8. The molecule has 0 aliphatic heterocycles. The van der Waals surface area contributed by atoms with Gasteiger partial charge >= 0.3 is 0 Å². The highest BCUT2D eigenvalue weighted by Gasteiger charge is 2.24. The normalized spacial score (nSPS) is 12.8. The topological polar surface area (TPSA) is 0 Å². The van der Waals surface area contributed by atoms with Gasteiger partial charge in [0.2, 0.25) is 0 Å². The molecule has 6 aromatic rings. The highest BCUT2D eigenvalue weighted by atomic mass is 14.3. The molecular formula is C45H34. The Morgan fingerprint density at radius 2 is 1.11 bits per heavy atom. The van der Waals surface area contributed by atoms with Crippen LogP contribution in [0, 0.1) is 24.3 Å². The lowest BCUT2D eigenvalue weighted by Gasteiger charge is -2.20. The highest BCUT2D eigenvalue weighted by molar-refractivity contribution is 5.92. The maximum absolute atomic E-state index is 2.47. The number of allylic oxidation sites excluding steroid dienone is 4. The first kappa shape index (κ1) is 27.1. The minimum Gasteiger partial charge on any atom is -0.0801 e. The Hall–Kier alpha value is -5.46. The number of fused-ring (bicyclic) bond motifs is 2. The minimum atomic E-state index is 0.952. The van der Waals surface area contributed by atoms with Gasteiger partial charge in [-0.1, -0.05) is 152 Å². The number of benzene rings is 6. The third-order valence-corrected chi connectivity index (χ3v) is 9.26. The zero-order chi connectivity index (χ0) is 30.3. The van der Waals surface area contributed by atoms with Crippen LogP contribution in [0.3, 0.4) is 0 Å². The summed E-state index contributed by atoms with van der Waals surface area (Å²) in [5.41, 5.74) is 15.5. The second-order valence-corrected chi connectivity index (χ2v) is 12.1. The molecule has 6 aromatic carbocycles. The largest absolute Gasteiger partial charge is 0.0801 e. The lowest BCUT2D eigenvalue weighted by Crippen LogP contribution is -2.17. The van der Waals surface area contributed by atoms with E-state index in [1.54, 1.807) is 0 Å². The van der Waals surface area contributed by atoms with Gasteiger partial charge < -0.3 is 0 Å². The molecule has 0 amide bonds. The summed E-state index contributed by atoms with van der Waals surface area (Å²) in [5.74, 6) is 0. The van der Waals surface area contributed by atoms with Crippen molar-refractivity contribution in [3.8, 4) is 22.3 Å². The van der Waals surface area contributed by atoms with E-state index in [-0.39, 0.29) is 0 Å². The molecule has 0 nitrogen and oxygen atoms in total. The minimum absolute atomic E-state index is 0.952. The standard InChI is InChI=1S/C45H34/c1-30-27-37-29-39-40(32-25-15-16-26-32)31(2)41(33-17-7-3-8-18-33)44(36-23-13-6-14-24-36)45(39)43(37)38(28-30)42(34-19-9-4-10-20-34)35-21-11-5-12-22-35/h3-25,27-29H,26H2,1-2H3. The van der Waals surface area contributed by atoms with E-state index < -0.39 is 0 Å². The van der Waals surface area contributed by atoms with Crippen molar-refractivity contribution < 1.29 is 0 Å². The monoisotopic (exact) mass is 574 g/mol. The van der Waals surface area contributed by atoms with Crippen molar-refractivity contribution in [2.24, 2.45) is 0 Å². The van der Waals surface area contributed by atoms with Crippen LogP contribution in [-0.2, 0) is 0 Å². The lowest BCUT2D eigenvalue weighted by molar-refractivity contribution is 1.30. The molecule has 214 valence electrons. The molecule has 0 heteroatoms. The Bertz CT molecular complexity index is 2320. The van der Waals surface area contributed by atoms with Gasteiger partial charge in [-0.3, -0.25) is 0 Å². The smallest absolute Gasteiger partial charge is 0.000776 e. The van der Waals surface area contributed by atoms with E-state index in [1.165, 1.54) is 87.7 Å². The second-order valence-electron chi connectivity index (χ2n) is 12.1. The Labute approximate surface area is 265 Å². The van der Waals surface area contributed by atoms with Crippen molar-refractivity contribution in [1.82, 2.24) is 0 Å². The van der Waals surface area contributed by atoms with Gasteiger partial charge in [-0.2, -0.15) is 0 Å². The van der Waals surface area contributed by atoms with Gasteiger partial charge in [-0.15, -0.1) is 0 Å². The predicted molar refractivity (Wildman–Crippen MR) is 190 cm³/mol. The molecule has 8 rings (SSSR count). The van der Waals surface area contributed by atoms with Crippen molar-refractivity contribution in [3.05, 3.63) is 206 Å². The van der Waals surface area contributed by atoms with Gasteiger partial charge in [0.1, 0.15) is 0 Å². The van der Waals surface area contributed by atoms with Crippen molar-refractivity contribution in [1.29, 1.82) is 0 Å². The van der Waals surface area contributed by atoms with Crippen LogP contribution in [0.5, 0.6) is 0 Å². The maximum atomic E-state index is 2.47. The average Bonchev–Trinajstić information content (AvgIpc) is 3.75. The van der Waals surface area contributed by atoms with Gasteiger partial charge in [0.05, 0.1) is 0 Å². The number of aryl methyl sites for hydroxylation is 1. The van der Waals surface area contributed by atoms with E-state index in [4.69, 9.17) is 0 Å². The second kappa shape index (κ2) is 11.2. The van der Waals surface area contributed by atoms with E-state index in [0.717, 1.165) is 6.42 Å². The molecule has 0 radical (unpaired) electrons. The van der Waals surface area contributed by atoms with Crippen LogP contribution in [0.25, 0.3) is 39.5 Å². The number of rotatable bonds is 5. The molecule has 0 bridgehead atoms. The van der Waals surface area contributed by atoms with Crippen LogP contribution < -0.4 is 10.4 Å². The van der Waals surface area contributed by atoms with Gasteiger partial charge in [0.25, 0.3) is 0 Å². The quantitative estimate of drug-likeness (QED) is 0.192. The van der Waals surface area contributed by atoms with Crippen molar-refractivity contribution in [2.75, 3.05) is 0 Å². The SMILES string of the molecule is Cc1cc2c(c(=C(c3ccccc3)c3ccccc3)c1)=c1c(-c3ccccc3)c(-c3ccccc3)c(C)c(C3=CC=CC3)c1=C2. The Kier molecular flexibility index (Phi) is 6.77. The summed E-state index contributed by atoms with van der Waals surface area (Å²) in [4.78, 5) is 0. The fraction of sp³-hybridized carbons (Fsp3) is 0.0667. The summed E-state index contributed by atoms with van der Waals surface area (Å²) in [6.07, 6.45) is 10.2. The molecule has 45 heavy (non-hydrogen) atoms. The van der Waals surface area contributed by atoms with Crippen LogP contribution in [-0.4, -0.2) is 0 Å². The number of hydrogen-bond acceptors (Lipinski definition) is 0. The molecule has 2 aliphatic carbocycles. The summed E-state index contributed by atoms with van der Waals surface area (Å²) < 4.78 is 0. The van der Waals surface area contributed by atoms with Gasteiger partial charge in [-0.25, -0.2) is 0 Å². The average molecular weight is 575 g/mol.